The van der Waals surface area contributed by atoms with E-state index >= 15 is 0 Å². The summed E-state index contributed by atoms with van der Waals surface area (Å²) in [5.41, 5.74) is 2.54. The van der Waals surface area contributed by atoms with E-state index in [4.69, 9.17) is 4.74 Å². The van der Waals surface area contributed by atoms with Gasteiger partial charge in [0.2, 0.25) is 5.88 Å². The zero-order chi connectivity index (χ0) is 16.5. The third-order valence-electron chi connectivity index (χ3n) is 4.34. The average molecular weight is 321 g/mol. The average Bonchev–Trinajstić information content (AvgIpc) is 3.20. The second-order valence-electron chi connectivity index (χ2n) is 6.17. The van der Waals surface area contributed by atoms with E-state index in [9.17, 15) is 4.79 Å². The molecular weight excluding hydrogens is 302 g/mol. The standard InChI is InChI=1S/C19H19N3O2/c1-13-5-4-8-18(20-13)24-15-9-10-22(12-15)19(23)17-11-14-6-2-3-7-16(14)21-17/h2-8,11,15,21H,9-10,12H2,1H3. The van der Waals surface area contributed by atoms with Crippen molar-refractivity contribution in [3.63, 3.8) is 0 Å². The summed E-state index contributed by atoms with van der Waals surface area (Å²) >= 11 is 0. The summed E-state index contributed by atoms with van der Waals surface area (Å²) in [5, 5.41) is 1.05. The first-order valence-corrected chi connectivity index (χ1v) is 8.16. The molecule has 1 aromatic carbocycles. The van der Waals surface area contributed by atoms with E-state index in [2.05, 4.69) is 9.97 Å². The Labute approximate surface area is 140 Å². The van der Waals surface area contributed by atoms with Crippen molar-refractivity contribution < 1.29 is 9.53 Å². The van der Waals surface area contributed by atoms with E-state index in [-0.39, 0.29) is 12.0 Å². The van der Waals surface area contributed by atoms with Crippen LogP contribution in [-0.4, -0.2) is 40.0 Å². The number of nitrogens with zero attached hydrogens (tertiary/aromatic N) is 2. The minimum atomic E-state index is -0.00683. The lowest BCUT2D eigenvalue weighted by Crippen LogP contribution is -2.31. The van der Waals surface area contributed by atoms with E-state index in [0.29, 0.717) is 24.7 Å². The van der Waals surface area contributed by atoms with Crippen LogP contribution < -0.4 is 4.74 Å². The summed E-state index contributed by atoms with van der Waals surface area (Å²) in [6.07, 6.45) is 0.814. The molecule has 2 aromatic heterocycles. The maximum absolute atomic E-state index is 12.7. The number of fused-ring (bicyclic) bond motifs is 1. The highest BCUT2D eigenvalue weighted by Crippen LogP contribution is 2.21. The molecule has 0 saturated carbocycles. The molecule has 4 rings (SSSR count). The molecule has 1 aliphatic rings. The molecule has 5 nitrogen and oxygen atoms in total. The Bertz CT molecular complexity index is 854. The van der Waals surface area contributed by atoms with Gasteiger partial charge in [0.1, 0.15) is 11.8 Å². The van der Waals surface area contributed by atoms with Gasteiger partial charge in [0.25, 0.3) is 5.91 Å². The number of carbonyl (C=O) groups excluding carboxylic acids is 1. The van der Waals surface area contributed by atoms with Crippen LogP contribution in [0.1, 0.15) is 22.6 Å². The minimum Gasteiger partial charge on any atom is -0.472 e. The van der Waals surface area contributed by atoms with Crippen LogP contribution in [0.25, 0.3) is 10.9 Å². The molecule has 122 valence electrons. The third kappa shape index (κ3) is 2.85. The van der Waals surface area contributed by atoms with Gasteiger partial charge in [0, 0.05) is 35.6 Å². The molecular formula is C19H19N3O2. The zero-order valence-corrected chi connectivity index (χ0v) is 13.5. The first-order chi connectivity index (χ1) is 11.7. The SMILES string of the molecule is Cc1cccc(OC2CCN(C(=O)c3cc4ccccc4[nH]3)C2)n1. The normalized spacial score (nSPS) is 17.4. The molecule has 0 radical (unpaired) electrons. The number of rotatable bonds is 3. The van der Waals surface area contributed by atoms with Crippen molar-refractivity contribution >= 4 is 16.8 Å². The topological polar surface area (TPSA) is 58.2 Å². The largest absolute Gasteiger partial charge is 0.472 e. The number of aromatic nitrogens is 2. The van der Waals surface area contributed by atoms with Gasteiger partial charge in [-0.15, -0.1) is 0 Å². The first-order valence-electron chi connectivity index (χ1n) is 8.16. The fourth-order valence-electron chi connectivity index (χ4n) is 3.12. The molecule has 1 saturated heterocycles. The van der Waals surface area contributed by atoms with Crippen molar-refractivity contribution in [2.45, 2.75) is 19.4 Å². The number of likely N-dealkylation sites (tertiary alicyclic amines) is 1. The van der Waals surface area contributed by atoms with Crippen molar-refractivity contribution in [2.75, 3.05) is 13.1 Å². The Morgan fingerprint density at radius 2 is 2.12 bits per heavy atom. The fourth-order valence-corrected chi connectivity index (χ4v) is 3.12. The molecule has 1 unspecified atom stereocenters. The van der Waals surface area contributed by atoms with Gasteiger partial charge >= 0.3 is 0 Å². The van der Waals surface area contributed by atoms with Gasteiger partial charge < -0.3 is 14.6 Å². The smallest absolute Gasteiger partial charge is 0.270 e. The molecule has 24 heavy (non-hydrogen) atoms. The number of hydrogen-bond acceptors (Lipinski definition) is 3. The second-order valence-corrected chi connectivity index (χ2v) is 6.17. The number of nitrogens with one attached hydrogen (secondary N) is 1. The molecule has 1 amide bonds. The van der Waals surface area contributed by atoms with Gasteiger partial charge in [-0.1, -0.05) is 24.3 Å². The predicted molar refractivity (Wildman–Crippen MR) is 92.2 cm³/mol. The predicted octanol–water partition coefficient (Wildman–Crippen LogP) is 3.16. The number of benzene rings is 1. The molecule has 1 N–H and O–H groups in total. The number of H-pyrrole nitrogens is 1. The van der Waals surface area contributed by atoms with Crippen LogP contribution in [-0.2, 0) is 0 Å². The lowest BCUT2D eigenvalue weighted by Gasteiger charge is -2.16. The Balaban J connectivity index is 1.45. The van der Waals surface area contributed by atoms with E-state index in [0.717, 1.165) is 23.0 Å². The first kappa shape index (κ1) is 14.8. The molecule has 0 spiro atoms. The molecule has 5 heteroatoms. The van der Waals surface area contributed by atoms with Crippen LogP contribution in [0, 0.1) is 6.92 Å². The minimum absolute atomic E-state index is 0.00683. The number of hydrogen-bond donors (Lipinski definition) is 1. The number of pyridine rings is 1. The lowest BCUT2D eigenvalue weighted by atomic mass is 10.2. The molecule has 3 aromatic rings. The summed E-state index contributed by atoms with van der Waals surface area (Å²) in [6, 6.07) is 15.5. The highest BCUT2D eigenvalue weighted by atomic mass is 16.5. The number of aromatic amines is 1. The Kier molecular flexibility index (Phi) is 3.69. The van der Waals surface area contributed by atoms with Crippen LogP contribution >= 0.6 is 0 Å². The van der Waals surface area contributed by atoms with Gasteiger partial charge in [0.05, 0.1) is 6.54 Å². The van der Waals surface area contributed by atoms with Crippen LogP contribution in [0.2, 0.25) is 0 Å². The van der Waals surface area contributed by atoms with Crippen molar-refractivity contribution in [1.82, 2.24) is 14.9 Å². The van der Waals surface area contributed by atoms with Crippen LogP contribution in [0.3, 0.4) is 0 Å². The van der Waals surface area contributed by atoms with Crippen molar-refractivity contribution in [3.8, 4) is 5.88 Å². The number of ether oxygens (including phenoxy) is 1. The zero-order valence-electron chi connectivity index (χ0n) is 13.5. The number of para-hydroxylation sites is 1. The van der Waals surface area contributed by atoms with Gasteiger partial charge in [-0.2, -0.15) is 0 Å². The van der Waals surface area contributed by atoms with E-state index in [1.165, 1.54) is 0 Å². The summed E-state index contributed by atoms with van der Waals surface area (Å²) < 4.78 is 5.92. The lowest BCUT2D eigenvalue weighted by molar-refractivity contribution is 0.0766. The van der Waals surface area contributed by atoms with Crippen molar-refractivity contribution in [1.29, 1.82) is 0 Å². The molecule has 0 bridgehead atoms. The maximum atomic E-state index is 12.7. The van der Waals surface area contributed by atoms with Crippen molar-refractivity contribution in [3.05, 3.63) is 59.9 Å². The monoisotopic (exact) mass is 321 g/mol. The third-order valence-corrected chi connectivity index (χ3v) is 4.34. The Morgan fingerprint density at radius 1 is 1.25 bits per heavy atom. The van der Waals surface area contributed by atoms with Gasteiger partial charge in [0.15, 0.2) is 0 Å². The number of carbonyl (C=O) groups is 1. The van der Waals surface area contributed by atoms with Crippen molar-refractivity contribution in [2.24, 2.45) is 0 Å². The highest BCUT2D eigenvalue weighted by molar-refractivity contribution is 5.98. The Hall–Kier alpha value is -2.82. The van der Waals surface area contributed by atoms with E-state index in [1.807, 2.05) is 60.4 Å². The van der Waals surface area contributed by atoms with Gasteiger partial charge in [-0.3, -0.25) is 4.79 Å². The van der Waals surface area contributed by atoms with Crippen LogP contribution in [0.5, 0.6) is 5.88 Å². The summed E-state index contributed by atoms with van der Waals surface area (Å²) in [5.74, 6) is 0.648. The summed E-state index contributed by atoms with van der Waals surface area (Å²) in [7, 11) is 0. The molecule has 3 heterocycles. The van der Waals surface area contributed by atoms with Crippen LogP contribution in [0.4, 0.5) is 0 Å². The number of aryl methyl sites for hydroxylation is 1. The van der Waals surface area contributed by atoms with E-state index < -0.39 is 0 Å². The number of amides is 1. The Morgan fingerprint density at radius 3 is 2.96 bits per heavy atom. The fraction of sp³-hybridized carbons (Fsp3) is 0.263. The molecule has 0 aliphatic carbocycles. The molecule has 1 fully saturated rings. The maximum Gasteiger partial charge on any atom is 0.270 e. The van der Waals surface area contributed by atoms with Gasteiger partial charge in [-0.05, 0) is 25.1 Å². The highest BCUT2D eigenvalue weighted by Gasteiger charge is 2.29. The van der Waals surface area contributed by atoms with E-state index in [1.54, 1.807) is 0 Å². The van der Waals surface area contributed by atoms with Gasteiger partial charge in [-0.25, -0.2) is 4.98 Å². The molecule has 1 aliphatic heterocycles. The molecule has 1 atom stereocenters. The van der Waals surface area contributed by atoms with Crippen LogP contribution in [0.15, 0.2) is 48.5 Å². The quantitative estimate of drug-likeness (QED) is 0.806. The summed E-state index contributed by atoms with van der Waals surface area (Å²) in [6.45, 7) is 3.22. The second kappa shape index (κ2) is 6.00. The summed E-state index contributed by atoms with van der Waals surface area (Å²) in [4.78, 5) is 22.1.